The number of hydrogen-bond donors (Lipinski definition) is 2. The fraction of sp³-hybridized carbons (Fsp3) is 0. The van der Waals surface area contributed by atoms with E-state index in [-0.39, 0.29) is 17.3 Å². The zero-order chi connectivity index (χ0) is 15.1. The summed E-state index contributed by atoms with van der Waals surface area (Å²) in [6, 6.07) is 16.7. The van der Waals surface area contributed by atoms with Gasteiger partial charge in [-0.2, -0.15) is 0 Å². The predicted molar refractivity (Wildman–Crippen MR) is 85.8 cm³/mol. The third-order valence-corrected chi connectivity index (χ3v) is 3.74. The van der Waals surface area contributed by atoms with Crippen LogP contribution < -0.4 is 0 Å². The Kier molecular flexibility index (Phi) is 2.69. The standard InChI is InChI=1S/C18H12N2O2/c21-17-13-7-3-4-8-14(13)18(22)20-16(17)15-9-11-5-1-2-6-12(11)10-19-15/h1-10,21H,(H,20,22). The molecule has 0 atom stereocenters. The molecule has 2 aromatic heterocycles. The van der Waals surface area contributed by atoms with E-state index in [2.05, 4.69) is 9.97 Å². The van der Waals surface area contributed by atoms with E-state index in [0.29, 0.717) is 16.5 Å². The number of nitrogens with zero attached hydrogens (tertiary/aromatic N) is 2. The molecule has 0 bridgehead atoms. The first kappa shape index (κ1) is 12.6. The first-order valence-electron chi connectivity index (χ1n) is 6.90. The van der Waals surface area contributed by atoms with Crippen LogP contribution >= 0.6 is 0 Å². The number of aromatic nitrogens is 2. The Bertz CT molecular complexity index is 1010. The molecule has 4 rings (SSSR count). The normalized spacial score (nSPS) is 11.1. The van der Waals surface area contributed by atoms with Gasteiger partial charge in [0.1, 0.15) is 5.69 Å². The van der Waals surface area contributed by atoms with Gasteiger partial charge in [0.15, 0.2) is 5.75 Å². The summed E-state index contributed by atoms with van der Waals surface area (Å²) < 4.78 is 0. The molecule has 0 radical (unpaired) electrons. The number of rotatable bonds is 1. The zero-order valence-electron chi connectivity index (χ0n) is 11.6. The first-order valence-corrected chi connectivity index (χ1v) is 6.90. The molecule has 4 heteroatoms. The van der Waals surface area contributed by atoms with Gasteiger partial charge in [-0.15, -0.1) is 0 Å². The van der Waals surface area contributed by atoms with Crippen LogP contribution in [0.1, 0.15) is 0 Å². The third-order valence-electron chi connectivity index (χ3n) is 3.74. The van der Waals surface area contributed by atoms with Gasteiger partial charge >= 0.3 is 0 Å². The molecule has 0 amide bonds. The van der Waals surface area contributed by atoms with Crippen LogP contribution in [0, 0.1) is 0 Å². The van der Waals surface area contributed by atoms with Crippen LogP contribution in [0.5, 0.6) is 11.6 Å². The highest BCUT2D eigenvalue weighted by Gasteiger charge is 2.15. The van der Waals surface area contributed by atoms with Crippen LogP contribution in [0.2, 0.25) is 0 Å². The molecular formula is C18H12N2O2. The Balaban J connectivity index is 2.01. The molecule has 4 nitrogen and oxygen atoms in total. The van der Waals surface area contributed by atoms with Crippen molar-refractivity contribution in [3.63, 3.8) is 0 Å². The monoisotopic (exact) mass is 288 g/mol. The molecule has 0 aliphatic rings. The van der Waals surface area contributed by atoms with Gasteiger partial charge in [0.2, 0.25) is 5.88 Å². The lowest BCUT2D eigenvalue weighted by Gasteiger charge is -2.09. The number of benzene rings is 2. The highest BCUT2D eigenvalue weighted by Crippen LogP contribution is 2.37. The van der Waals surface area contributed by atoms with Gasteiger partial charge in [0, 0.05) is 22.4 Å². The lowest BCUT2D eigenvalue weighted by atomic mass is 10.1. The van der Waals surface area contributed by atoms with Crippen molar-refractivity contribution in [2.45, 2.75) is 0 Å². The van der Waals surface area contributed by atoms with Crippen molar-refractivity contribution in [3.8, 4) is 23.0 Å². The van der Waals surface area contributed by atoms with E-state index in [4.69, 9.17) is 0 Å². The summed E-state index contributed by atoms with van der Waals surface area (Å²) in [5, 5.41) is 23.7. The van der Waals surface area contributed by atoms with Gasteiger partial charge in [-0.1, -0.05) is 42.5 Å². The summed E-state index contributed by atoms with van der Waals surface area (Å²) in [5.74, 6) is -0.0884. The highest BCUT2D eigenvalue weighted by atomic mass is 16.3. The highest BCUT2D eigenvalue weighted by molar-refractivity contribution is 5.96. The van der Waals surface area contributed by atoms with Crippen molar-refractivity contribution in [2.75, 3.05) is 0 Å². The number of hydrogen-bond acceptors (Lipinski definition) is 4. The summed E-state index contributed by atoms with van der Waals surface area (Å²) in [6.45, 7) is 0. The minimum Gasteiger partial charge on any atom is -0.505 e. The van der Waals surface area contributed by atoms with Crippen molar-refractivity contribution in [2.24, 2.45) is 0 Å². The lowest BCUT2D eigenvalue weighted by Crippen LogP contribution is -1.91. The van der Waals surface area contributed by atoms with Crippen LogP contribution in [0.15, 0.2) is 60.8 Å². The van der Waals surface area contributed by atoms with Crippen LogP contribution in [0.3, 0.4) is 0 Å². The molecule has 0 aliphatic carbocycles. The Labute approximate surface area is 126 Å². The van der Waals surface area contributed by atoms with E-state index >= 15 is 0 Å². The molecule has 2 heterocycles. The first-order chi connectivity index (χ1) is 10.7. The predicted octanol–water partition coefficient (Wildman–Crippen LogP) is 3.86. The van der Waals surface area contributed by atoms with E-state index in [1.165, 1.54) is 0 Å². The van der Waals surface area contributed by atoms with Gasteiger partial charge in [0.05, 0.1) is 5.69 Å². The minimum atomic E-state index is -0.113. The maximum atomic E-state index is 10.5. The molecule has 0 unspecified atom stereocenters. The van der Waals surface area contributed by atoms with E-state index in [1.54, 1.807) is 30.5 Å². The molecule has 106 valence electrons. The van der Waals surface area contributed by atoms with Gasteiger partial charge < -0.3 is 10.2 Å². The zero-order valence-corrected chi connectivity index (χ0v) is 11.6. The summed E-state index contributed by atoms with van der Waals surface area (Å²) in [5.41, 5.74) is 0.805. The SMILES string of the molecule is Oc1nc(-c2cc3ccccc3cn2)c(O)c2ccccc12. The van der Waals surface area contributed by atoms with Gasteiger partial charge in [-0.05, 0) is 17.5 Å². The van der Waals surface area contributed by atoms with Crippen LogP contribution in [0.25, 0.3) is 32.9 Å². The number of pyridine rings is 2. The Morgan fingerprint density at radius 1 is 0.773 bits per heavy atom. The fourth-order valence-electron chi connectivity index (χ4n) is 2.62. The average Bonchev–Trinajstić information content (AvgIpc) is 2.58. The largest absolute Gasteiger partial charge is 0.505 e. The van der Waals surface area contributed by atoms with Gasteiger partial charge in [-0.3, -0.25) is 4.98 Å². The van der Waals surface area contributed by atoms with Crippen molar-refractivity contribution >= 4 is 21.5 Å². The van der Waals surface area contributed by atoms with E-state index in [1.807, 2.05) is 30.3 Å². The van der Waals surface area contributed by atoms with Gasteiger partial charge in [0.25, 0.3) is 0 Å². The molecule has 4 aromatic rings. The molecule has 22 heavy (non-hydrogen) atoms. The molecule has 0 fully saturated rings. The number of aromatic hydroxyl groups is 2. The van der Waals surface area contributed by atoms with Crippen LogP contribution in [-0.4, -0.2) is 20.2 Å². The summed E-state index contributed by atoms with van der Waals surface area (Å²) in [6.07, 6.45) is 1.73. The topological polar surface area (TPSA) is 66.2 Å². The van der Waals surface area contributed by atoms with Crippen molar-refractivity contribution in [1.29, 1.82) is 0 Å². The van der Waals surface area contributed by atoms with Crippen LogP contribution in [-0.2, 0) is 0 Å². The summed E-state index contributed by atoms with van der Waals surface area (Å²) >= 11 is 0. The van der Waals surface area contributed by atoms with Crippen molar-refractivity contribution in [1.82, 2.24) is 9.97 Å². The van der Waals surface area contributed by atoms with Crippen LogP contribution in [0.4, 0.5) is 0 Å². The maximum absolute atomic E-state index is 10.5. The lowest BCUT2D eigenvalue weighted by molar-refractivity contribution is 0.451. The Morgan fingerprint density at radius 2 is 1.45 bits per heavy atom. The molecule has 0 aliphatic heterocycles. The van der Waals surface area contributed by atoms with Crippen molar-refractivity contribution < 1.29 is 10.2 Å². The van der Waals surface area contributed by atoms with E-state index in [0.717, 1.165) is 10.8 Å². The molecule has 2 aromatic carbocycles. The van der Waals surface area contributed by atoms with E-state index in [9.17, 15) is 10.2 Å². The summed E-state index contributed by atoms with van der Waals surface area (Å²) in [4.78, 5) is 8.47. The minimum absolute atomic E-state index is 0.0242. The number of fused-ring (bicyclic) bond motifs is 2. The second kappa shape index (κ2) is 4.70. The van der Waals surface area contributed by atoms with Gasteiger partial charge in [-0.25, -0.2) is 4.98 Å². The molecule has 0 saturated heterocycles. The van der Waals surface area contributed by atoms with E-state index < -0.39 is 0 Å². The third kappa shape index (κ3) is 1.85. The Hall–Kier alpha value is -3.14. The smallest absolute Gasteiger partial charge is 0.219 e. The average molecular weight is 288 g/mol. The maximum Gasteiger partial charge on any atom is 0.219 e. The molecule has 2 N–H and O–H groups in total. The fourth-order valence-corrected chi connectivity index (χ4v) is 2.62. The molecule has 0 saturated carbocycles. The Morgan fingerprint density at radius 3 is 2.27 bits per heavy atom. The second-order valence-electron chi connectivity index (χ2n) is 5.09. The summed E-state index contributed by atoms with van der Waals surface area (Å²) in [7, 11) is 0. The second-order valence-corrected chi connectivity index (χ2v) is 5.09. The van der Waals surface area contributed by atoms with Crippen molar-refractivity contribution in [3.05, 3.63) is 60.8 Å². The molecule has 0 spiro atoms. The quantitative estimate of drug-likeness (QED) is 0.558. The molecular weight excluding hydrogens is 276 g/mol.